The fraction of sp³-hybridized carbons (Fsp3) is 0. The number of hydrogen-bond acceptors (Lipinski definition) is 8. The van der Waals surface area contributed by atoms with Crippen LogP contribution in [0.25, 0.3) is 22.1 Å². The van der Waals surface area contributed by atoms with Crippen LogP contribution >= 0.6 is 0 Å². The van der Waals surface area contributed by atoms with Crippen molar-refractivity contribution < 1.29 is 36.9 Å². The molecule has 0 aliphatic rings. The first-order valence-corrected chi connectivity index (χ1v) is 6.60. The Bertz CT molecular complexity index is 960. The van der Waals surface area contributed by atoms with Crippen molar-refractivity contribution in [1.29, 1.82) is 0 Å². The number of H-pyrrole nitrogens is 2. The van der Waals surface area contributed by atoms with Crippen LogP contribution in [0.15, 0.2) is 36.4 Å². The van der Waals surface area contributed by atoms with Crippen LogP contribution < -0.4 is 10.2 Å². The molecule has 1 radical (unpaired) electrons. The van der Waals surface area contributed by atoms with Gasteiger partial charge in [-0.25, -0.2) is 0 Å². The van der Waals surface area contributed by atoms with Crippen molar-refractivity contribution in [2.75, 3.05) is 0 Å². The number of rotatable bonds is 2. The van der Waals surface area contributed by atoms with Crippen LogP contribution in [0.2, 0.25) is 0 Å². The van der Waals surface area contributed by atoms with Crippen molar-refractivity contribution in [3.8, 4) is 0 Å². The zero-order valence-corrected chi connectivity index (χ0v) is 13.1. The molecule has 0 bridgehead atoms. The molecular weight excluding hydrogens is 380 g/mol. The molecule has 0 unspecified atom stereocenters. The summed E-state index contributed by atoms with van der Waals surface area (Å²) in [6.07, 6.45) is 0. The Labute approximate surface area is 149 Å². The SMILES string of the molecule is O=C([O-])c1cccc2[nH]nnc12.O=C([O-])c1cccc2[nH]nnc12.[Cu+2]. The van der Waals surface area contributed by atoms with Crippen molar-refractivity contribution in [2.45, 2.75) is 0 Å². The van der Waals surface area contributed by atoms with E-state index in [-0.39, 0.29) is 28.2 Å². The molecular formula is C14H8CuN6O4. The molecule has 11 heteroatoms. The number of aromatic nitrogens is 6. The first-order valence-electron chi connectivity index (χ1n) is 6.60. The van der Waals surface area contributed by atoms with Gasteiger partial charge >= 0.3 is 17.1 Å². The number of benzene rings is 2. The number of carboxylic acid groups (broad SMARTS) is 2. The number of carboxylic acids is 2. The van der Waals surface area contributed by atoms with Gasteiger partial charge in [-0.1, -0.05) is 34.7 Å². The Morgan fingerprint density at radius 1 is 0.760 bits per heavy atom. The average molecular weight is 388 g/mol. The number of aromatic amines is 2. The molecule has 4 aromatic rings. The molecule has 4 rings (SSSR count). The van der Waals surface area contributed by atoms with Crippen LogP contribution in [0.3, 0.4) is 0 Å². The van der Waals surface area contributed by atoms with Crippen LogP contribution in [0.4, 0.5) is 0 Å². The van der Waals surface area contributed by atoms with Gasteiger partial charge in [0.15, 0.2) is 0 Å². The normalized spacial score (nSPS) is 9.92. The van der Waals surface area contributed by atoms with Crippen LogP contribution in [0.1, 0.15) is 20.7 Å². The number of hydrogen-bond donors (Lipinski definition) is 2. The second-order valence-corrected chi connectivity index (χ2v) is 4.60. The Kier molecular flexibility index (Phi) is 5.42. The van der Waals surface area contributed by atoms with Gasteiger partial charge in [0.25, 0.3) is 0 Å². The summed E-state index contributed by atoms with van der Waals surface area (Å²) < 4.78 is 0. The van der Waals surface area contributed by atoms with E-state index < -0.39 is 11.9 Å². The van der Waals surface area contributed by atoms with Crippen molar-refractivity contribution in [1.82, 2.24) is 30.8 Å². The van der Waals surface area contributed by atoms with E-state index in [0.29, 0.717) is 22.1 Å². The molecule has 0 aliphatic carbocycles. The smallest absolute Gasteiger partial charge is 0.545 e. The summed E-state index contributed by atoms with van der Waals surface area (Å²) in [5, 5.41) is 40.3. The van der Waals surface area contributed by atoms with Crippen LogP contribution in [-0.2, 0) is 17.1 Å². The monoisotopic (exact) mass is 387 g/mol. The largest absolute Gasteiger partial charge is 2.00 e. The molecule has 2 heterocycles. The van der Waals surface area contributed by atoms with Crippen molar-refractivity contribution in [2.24, 2.45) is 0 Å². The predicted octanol–water partition coefficient (Wildman–Crippen LogP) is -1.36. The van der Waals surface area contributed by atoms with Gasteiger partial charge < -0.3 is 19.8 Å². The number of aromatic carboxylic acids is 2. The topological polar surface area (TPSA) is 163 Å². The fourth-order valence-corrected chi connectivity index (χ4v) is 2.07. The van der Waals surface area contributed by atoms with Crippen LogP contribution in [0.5, 0.6) is 0 Å². The van der Waals surface area contributed by atoms with Gasteiger partial charge in [0.2, 0.25) is 0 Å². The van der Waals surface area contributed by atoms with Crippen molar-refractivity contribution >= 4 is 34.0 Å². The molecule has 0 atom stereocenters. The summed E-state index contributed by atoms with van der Waals surface area (Å²) in [6.45, 7) is 0. The first kappa shape index (κ1) is 18.0. The Balaban J connectivity index is 0.000000173. The summed E-state index contributed by atoms with van der Waals surface area (Å²) in [7, 11) is 0. The number of nitrogens with one attached hydrogen (secondary N) is 2. The van der Waals surface area contributed by atoms with Crippen LogP contribution in [-0.4, -0.2) is 42.8 Å². The maximum Gasteiger partial charge on any atom is 2.00 e. The fourth-order valence-electron chi connectivity index (χ4n) is 2.07. The average Bonchev–Trinajstić information content (AvgIpc) is 3.23. The second kappa shape index (κ2) is 7.51. The van der Waals surface area contributed by atoms with E-state index in [0.717, 1.165) is 0 Å². The summed E-state index contributed by atoms with van der Waals surface area (Å²) in [5.41, 5.74) is 1.96. The third-order valence-electron chi connectivity index (χ3n) is 3.15. The standard InChI is InChI=1S/2C7H5N3O2.Cu/c2*11-7(12)4-2-1-3-5-6(4)9-10-8-5;/h2*1-3H,(H,11,12)(H,8,9,10);/q;;+2/p-2. The van der Waals surface area contributed by atoms with Crippen molar-refractivity contribution in [3.05, 3.63) is 47.5 Å². The van der Waals surface area contributed by atoms with E-state index >= 15 is 0 Å². The molecule has 0 fully saturated rings. The van der Waals surface area contributed by atoms with E-state index in [1.807, 2.05) is 0 Å². The van der Waals surface area contributed by atoms with E-state index in [1.165, 1.54) is 12.1 Å². The first-order chi connectivity index (χ1) is 11.6. The molecule has 0 spiro atoms. The zero-order chi connectivity index (χ0) is 17.1. The Morgan fingerprint density at radius 2 is 1.16 bits per heavy atom. The molecule has 0 saturated carbocycles. The number of carbonyl (C=O) groups is 2. The van der Waals surface area contributed by atoms with Gasteiger partial charge in [0.1, 0.15) is 11.0 Å². The summed E-state index contributed by atoms with van der Waals surface area (Å²) in [4.78, 5) is 21.0. The van der Waals surface area contributed by atoms with Gasteiger partial charge in [0, 0.05) is 11.1 Å². The third kappa shape index (κ3) is 3.62. The zero-order valence-electron chi connectivity index (χ0n) is 12.2. The molecule has 129 valence electrons. The van der Waals surface area contributed by atoms with Gasteiger partial charge in [-0.3, -0.25) is 10.2 Å². The molecule has 10 nitrogen and oxygen atoms in total. The van der Waals surface area contributed by atoms with E-state index in [9.17, 15) is 19.8 Å². The van der Waals surface area contributed by atoms with Gasteiger partial charge in [-0.2, -0.15) is 0 Å². The molecule has 0 aliphatic heterocycles. The van der Waals surface area contributed by atoms with E-state index in [1.54, 1.807) is 24.3 Å². The summed E-state index contributed by atoms with van der Waals surface area (Å²) >= 11 is 0. The Morgan fingerprint density at radius 3 is 1.52 bits per heavy atom. The van der Waals surface area contributed by atoms with E-state index in [4.69, 9.17) is 0 Å². The molecule has 2 aromatic carbocycles. The quantitative estimate of drug-likeness (QED) is 0.398. The molecule has 25 heavy (non-hydrogen) atoms. The number of nitrogens with zero attached hydrogens (tertiary/aromatic N) is 4. The number of fused-ring (bicyclic) bond motifs is 2. The molecule has 0 saturated heterocycles. The molecule has 2 N–H and O–H groups in total. The Hall–Kier alpha value is -3.30. The van der Waals surface area contributed by atoms with E-state index in [2.05, 4.69) is 30.8 Å². The maximum atomic E-state index is 10.5. The van der Waals surface area contributed by atoms with Gasteiger partial charge in [-0.15, -0.1) is 10.2 Å². The third-order valence-corrected chi connectivity index (χ3v) is 3.15. The predicted molar refractivity (Wildman–Crippen MR) is 76.4 cm³/mol. The number of carbonyl (C=O) groups excluding carboxylic acids is 2. The minimum atomic E-state index is -1.24. The minimum Gasteiger partial charge on any atom is -0.545 e. The minimum absolute atomic E-state index is 0. The van der Waals surface area contributed by atoms with Gasteiger partial charge in [0.05, 0.1) is 23.0 Å². The molecule has 0 amide bonds. The van der Waals surface area contributed by atoms with Crippen molar-refractivity contribution in [3.63, 3.8) is 0 Å². The van der Waals surface area contributed by atoms with Gasteiger partial charge in [-0.05, 0) is 12.1 Å². The summed E-state index contributed by atoms with van der Waals surface area (Å²) in [6, 6.07) is 9.46. The van der Waals surface area contributed by atoms with Crippen LogP contribution in [0, 0.1) is 0 Å². The maximum absolute atomic E-state index is 10.5. The second-order valence-electron chi connectivity index (χ2n) is 4.60. The summed E-state index contributed by atoms with van der Waals surface area (Å²) in [5.74, 6) is -2.48. The molecule has 2 aromatic heterocycles.